The molecule has 178 valence electrons. The quantitative estimate of drug-likeness (QED) is 0.382. The van der Waals surface area contributed by atoms with Gasteiger partial charge in [0.2, 0.25) is 10.0 Å². The molecule has 2 atom stereocenters. The number of aromatic nitrogens is 3. The SMILES string of the molecule is Cc1ccc(C2C(c3ccccn3)NC(=S)N2c2ccc(NS(C)(=O)=O)cc2)n1-c1cccnc1. The first-order chi connectivity index (χ1) is 16.8. The summed E-state index contributed by atoms with van der Waals surface area (Å²) >= 11 is 5.82. The Kier molecular flexibility index (Phi) is 6.00. The number of aryl methyl sites for hydroxylation is 1. The van der Waals surface area contributed by atoms with E-state index in [-0.39, 0.29) is 12.1 Å². The third kappa shape index (κ3) is 4.62. The third-order valence-electron chi connectivity index (χ3n) is 5.86. The molecule has 0 radical (unpaired) electrons. The first-order valence-electron chi connectivity index (χ1n) is 11.0. The smallest absolute Gasteiger partial charge is 0.229 e. The van der Waals surface area contributed by atoms with Gasteiger partial charge in [0.1, 0.15) is 6.04 Å². The van der Waals surface area contributed by atoms with Crippen LogP contribution < -0.4 is 14.9 Å². The van der Waals surface area contributed by atoms with Crippen molar-refractivity contribution < 1.29 is 8.42 Å². The first kappa shape index (κ1) is 23.0. The van der Waals surface area contributed by atoms with Crippen LogP contribution >= 0.6 is 12.2 Å². The van der Waals surface area contributed by atoms with Gasteiger partial charge >= 0.3 is 0 Å². The fourth-order valence-corrected chi connectivity index (χ4v) is 5.38. The van der Waals surface area contributed by atoms with Gasteiger partial charge in [-0.3, -0.25) is 14.7 Å². The number of nitrogens with zero attached hydrogens (tertiary/aromatic N) is 4. The average molecular weight is 505 g/mol. The van der Waals surface area contributed by atoms with Crippen molar-refractivity contribution in [1.82, 2.24) is 19.9 Å². The molecule has 0 aliphatic carbocycles. The predicted octanol–water partition coefficient (Wildman–Crippen LogP) is 4.12. The minimum absolute atomic E-state index is 0.206. The molecule has 1 fully saturated rings. The Labute approximate surface area is 209 Å². The standard InChI is InChI=1S/C25H24N6O2S2/c1-17-8-13-22(30(17)20-6-5-14-26-16-20)24-23(21-7-3-4-15-27-21)28-25(34)31(24)19-11-9-18(10-12-19)29-35(2,32)33/h3-16,23-24,29H,1-2H3,(H,28,34). The molecule has 0 saturated carbocycles. The summed E-state index contributed by atoms with van der Waals surface area (Å²) in [7, 11) is -3.37. The van der Waals surface area contributed by atoms with Crippen LogP contribution in [0.25, 0.3) is 5.69 Å². The maximum Gasteiger partial charge on any atom is 0.229 e. The number of anilines is 2. The van der Waals surface area contributed by atoms with Crippen LogP contribution in [-0.4, -0.2) is 34.3 Å². The Hall–Kier alpha value is -3.76. The zero-order chi connectivity index (χ0) is 24.6. The van der Waals surface area contributed by atoms with Crippen molar-refractivity contribution >= 4 is 38.7 Å². The van der Waals surface area contributed by atoms with Gasteiger partial charge in [0.05, 0.1) is 29.9 Å². The number of rotatable bonds is 6. The second-order valence-corrected chi connectivity index (χ2v) is 10.5. The summed E-state index contributed by atoms with van der Waals surface area (Å²) < 4.78 is 28.0. The summed E-state index contributed by atoms with van der Waals surface area (Å²) in [4.78, 5) is 11.0. The highest BCUT2D eigenvalue weighted by Gasteiger charge is 2.42. The van der Waals surface area contributed by atoms with Crippen LogP contribution in [0.15, 0.2) is 85.3 Å². The minimum Gasteiger partial charge on any atom is -0.351 e. The topological polar surface area (TPSA) is 92.2 Å². The molecule has 4 heterocycles. The highest BCUT2D eigenvalue weighted by Crippen LogP contribution is 2.42. The largest absolute Gasteiger partial charge is 0.351 e. The molecule has 1 aliphatic heterocycles. The molecule has 10 heteroatoms. The number of pyridine rings is 2. The number of benzene rings is 1. The van der Waals surface area contributed by atoms with Gasteiger partial charge in [0, 0.05) is 35.2 Å². The molecule has 1 aromatic carbocycles. The predicted molar refractivity (Wildman–Crippen MR) is 141 cm³/mol. The molecular formula is C25H24N6O2S2. The van der Waals surface area contributed by atoms with E-state index in [1.165, 1.54) is 0 Å². The van der Waals surface area contributed by atoms with Crippen molar-refractivity contribution in [3.63, 3.8) is 0 Å². The molecule has 0 amide bonds. The number of nitrogens with one attached hydrogen (secondary N) is 2. The van der Waals surface area contributed by atoms with E-state index in [0.717, 1.165) is 34.7 Å². The van der Waals surface area contributed by atoms with Crippen LogP contribution in [-0.2, 0) is 10.0 Å². The third-order valence-corrected chi connectivity index (χ3v) is 6.78. The molecule has 0 bridgehead atoms. The Bertz CT molecular complexity index is 1460. The van der Waals surface area contributed by atoms with E-state index >= 15 is 0 Å². The molecule has 5 rings (SSSR count). The van der Waals surface area contributed by atoms with E-state index in [4.69, 9.17) is 12.2 Å². The van der Waals surface area contributed by atoms with Crippen LogP contribution in [0, 0.1) is 6.92 Å². The number of thiocarbonyl (C=S) groups is 1. The van der Waals surface area contributed by atoms with E-state index < -0.39 is 10.0 Å². The summed E-state index contributed by atoms with van der Waals surface area (Å²) in [6.45, 7) is 2.06. The summed E-state index contributed by atoms with van der Waals surface area (Å²) in [5, 5.41) is 4.02. The van der Waals surface area contributed by atoms with E-state index in [9.17, 15) is 8.42 Å². The lowest BCUT2D eigenvalue weighted by Crippen LogP contribution is -2.30. The van der Waals surface area contributed by atoms with Crippen molar-refractivity contribution in [2.24, 2.45) is 0 Å². The second kappa shape index (κ2) is 9.12. The van der Waals surface area contributed by atoms with Crippen LogP contribution in [0.1, 0.15) is 29.2 Å². The molecule has 1 aliphatic rings. The molecule has 8 nitrogen and oxygen atoms in total. The van der Waals surface area contributed by atoms with Gasteiger partial charge in [0.25, 0.3) is 0 Å². The van der Waals surface area contributed by atoms with Crippen molar-refractivity contribution in [3.05, 3.63) is 102 Å². The van der Waals surface area contributed by atoms with E-state index in [2.05, 4.69) is 48.5 Å². The zero-order valence-corrected chi connectivity index (χ0v) is 20.8. The number of hydrogen-bond donors (Lipinski definition) is 2. The Morgan fingerprint density at radius 2 is 1.77 bits per heavy atom. The molecule has 35 heavy (non-hydrogen) atoms. The molecule has 4 aromatic rings. The van der Waals surface area contributed by atoms with Crippen molar-refractivity contribution in [3.8, 4) is 5.69 Å². The molecule has 2 N–H and O–H groups in total. The average Bonchev–Trinajstić information content (AvgIpc) is 3.39. The lowest BCUT2D eigenvalue weighted by Gasteiger charge is -2.29. The van der Waals surface area contributed by atoms with Crippen molar-refractivity contribution in [1.29, 1.82) is 0 Å². The molecule has 3 aromatic heterocycles. The summed E-state index contributed by atoms with van der Waals surface area (Å²) in [6.07, 6.45) is 6.49. The van der Waals surface area contributed by atoms with Gasteiger partial charge in [-0.2, -0.15) is 0 Å². The van der Waals surface area contributed by atoms with Crippen LogP contribution in [0.2, 0.25) is 0 Å². The molecular weight excluding hydrogens is 480 g/mol. The summed E-state index contributed by atoms with van der Waals surface area (Å²) in [5.41, 5.74) is 5.24. The summed E-state index contributed by atoms with van der Waals surface area (Å²) in [6, 6.07) is 20.7. The highest BCUT2D eigenvalue weighted by molar-refractivity contribution is 7.92. The Morgan fingerprint density at radius 3 is 2.43 bits per heavy atom. The molecule has 2 unspecified atom stereocenters. The Morgan fingerprint density at radius 1 is 0.971 bits per heavy atom. The van der Waals surface area contributed by atoms with Gasteiger partial charge < -0.3 is 14.8 Å². The van der Waals surface area contributed by atoms with Gasteiger partial charge in [0.15, 0.2) is 5.11 Å². The van der Waals surface area contributed by atoms with Gasteiger partial charge in [-0.25, -0.2) is 8.42 Å². The van der Waals surface area contributed by atoms with Crippen LogP contribution in [0.4, 0.5) is 11.4 Å². The monoisotopic (exact) mass is 504 g/mol. The van der Waals surface area contributed by atoms with Crippen molar-refractivity contribution in [2.45, 2.75) is 19.0 Å². The van der Waals surface area contributed by atoms with Crippen molar-refractivity contribution in [2.75, 3.05) is 15.9 Å². The maximum absolute atomic E-state index is 11.6. The lowest BCUT2D eigenvalue weighted by molar-refractivity contribution is 0.548. The highest BCUT2D eigenvalue weighted by atomic mass is 32.2. The molecule has 1 saturated heterocycles. The first-order valence-corrected chi connectivity index (χ1v) is 13.3. The van der Waals surface area contributed by atoms with Gasteiger partial charge in [-0.15, -0.1) is 0 Å². The molecule has 0 spiro atoms. The van der Waals surface area contributed by atoms with Crippen LogP contribution in [0.3, 0.4) is 0 Å². The summed E-state index contributed by atoms with van der Waals surface area (Å²) in [5.74, 6) is 0. The second-order valence-electron chi connectivity index (χ2n) is 8.36. The van der Waals surface area contributed by atoms with Crippen LogP contribution in [0.5, 0.6) is 0 Å². The maximum atomic E-state index is 11.6. The van der Waals surface area contributed by atoms with E-state index in [0.29, 0.717) is 10.8 Å². The lowest BCUT2D eigenvalue weighted by atomic mass is 10.0. The van der Waals surface area contributed by atoms with E-state index in [1.54, 1.807) is 24.5 Å². The normalized spacial score (nSPS) is 17.9. The Balaban J connectivity index is 1.63. The van der Waals surface area contributed by atoms with Gasteiger partial charge in [-0.1, -0.05) is 6.07 Å². The van der Waals surface area contributed by atoms with E-state index in [1.807, 2.05) is 48.7 Å². The minimum atomic E-state index is -3.37. The fraction of sp³-hybridized carbons (Fsp3) is 0.160. The number of hydrogen-bond acceptors (Lipinski definition) is 5. The number of sulfonamides is 1. The zero-order valence-electron chi connectivity index (χ0n) is 19.2. The van der Waals surface area contributed by atoms with Gasteiger partial charge in [-0.05, 0) is 79.8 Å². The fourth-order valence-electron chi connectivity index (χ4n) is 4.47.